The summed E-state index contributed by atoms with van der Waals surface area (Å²) in [7, 11) is 0. The van der Waals surface area contributed by atoms with E-state index in [9.17, 15) is 9.59 Å². The molecule has 4 heterocycles. The van der Waals surface area contributed by atoms with Crippen molar-refractivity contribution in [3.63, 3.8) is 0 Å². The van der Waals surface area contributed by atoms with Gasteiger partial charge in [-0.15, -0.1) is 0 Å². The molecule has 12 heteroatoms. The third kappa shape index (κ3) is 8.81. The molecule has 2 amide bonds. The topological polar surface area (TPSA) is 135 Å². The summed E-state index contributed by atoms with van der Waals surface area (Å²) < 4.78 is 22.6. The fourth-order valence-electron chi connectivity index (χ4n) is 6.87. The van der Waals surface area contributed by atoms with Crippen molar-refractivity contribution in [1.82, 2.24) is 30.4 Å². The lowest BCUT2D eigenvalue weighted by Crippen LogP contribution is -2.30. The number of amides is 2. The summed E-state index contributed by atoms with van der Waals surface area (Å²) in [6, 6.07) is 25.0. The molecule has 282 valence electrons. The Morgan fingerprint density at radius 1 is 0.855 bits per heavy atom. The van der Waals surface area contributed by atoms with Gasteiger partial charge in [0.15, 0.2) is 5.65 Å². The molecular weight excluding hydrogens is 696 g/mol. The Morgan fingerprint density at radius 3 is 2.36 bits per heavy atom. The molecule has 11 nitrogen and oxygen atoms in total. The maximum absolute atomic E-state index is 15.1. The molecule has 7 rings (SSSR count). The summed E-state index contributed by atoms with van der Waals surface area (Å²) >= 11 is 0. The Morgan fingerprint density at radius 2 is 1.62 bits per heavy atom. The Labute approximate surface area is 319 Å². The van der Waals surface area contributed by atoms with Crippen LogP contribution in [-0.4, -0.2) is 50.8 Å². The molecule has 3 aromatic heterocycles. The van der Waals surface area contributed by atoms with E-state index in [2.05, 4.69) is 38.3 Å². The van der Waals surface area contributed by atoms with Crippen LogP contribution in [0.15, 0.2) is 97.3 Å². The van der Waals surface area contributed by atoms with Crippen molar-refractivity contribution in [3.05, 3.63) is 137 Å². The molecule has 0 saturated carbocycles. The molecule has 0 bridgehead atoms. The van der Waals surface area contributed by atoms with Crippen LogP contribution in [0.3, 0.4) is 0 Å². The van der Waals surface area contributed by atoms with Gasteiger partial charge in [0.2, 0.25) is 0 Å². The summed E-state index contributed by atoms with van der Waals surface area (Å²) in [6.07, 6.45) is 6.02. The molecule has 1 aliphatic heterocycles. The number of halogens is 1. The number of aryl methyl sites for hydroxylation is 2. The van der Waals surface area contributed by atoms with Crippen molar-refractivity contribution in [2.24, 2.45) is 0 Å². The van der Waals surface area contributed by atoms with Gasteiger partial charge in [-0.3, -0.25) is 9.59 Å². The van der Waals surface area contributed by atoms with Crippen LogP contribution in [0, 0.1) is 5.82 Å². The van der Waals surface area contributed by atoms with Gasteiger partial charge in [0.05, 0.1) is 17.3 Å². The zero-order valence-electron chi connectivity index (χ0n) is 31.1. The Hall–Kier alpha value is -6.14. The lowest BCUT2D eigenvalue weighted by atomic mass is 10.00. The van der Waals surface area contributed by atoms with E-state index in [0.29, 0.717) is 49.4 Å². The van der Waals surface area contributed by atoms with Gasteiger partial charge in [0, 0.05) is 79.6 Å². The SMILES string of the molecule is CCc1nc2c(cnn2CC)c(NC2CCOCC2)c1CNC(=O)c1cccc(C(=O)NCc2ccc(F)c(-c3cccc(CNc4ccccn4)c3)c2)c1. The number of ether oxygens (including phenoxy) is 1. The molecule has 55 heavy (non-hydrogen) atoms. The smallest absolute Gasteiger partial charge is 0.251 e. The van der Waals surface area contributed by atoms with Crippen molar-refractivity contribution in [2.75, 3.05) is 23.8 Å². The zero-order valence-corrected chi connectivity index (χ0v) is 31.1. The number of hydrogen-bond acceptors (Lipinski definition) is 8. The van der Waals surface area contributed by atoms with Gasteiger partial charge in [0.25, 0.3) is 11.8 Å². The molecule has 6 aromatic rings. The van der Waals surface area contributed by atoms with Crippen LogP contribution in [0.25, 0.3) is 22.2 Å². The van der Waals surface area contributed by atoms with E-state index in [1.165, 1.54) is 6.07 Å². The quantitative estimate of drug-likeness (QED) is 0.0916. The van der Waals surface area contributed by atoms with Crippen LogP contribution < -0.4 is 21.3 Å². The average Bonchev–Trinajstić information content (AvgIpc) is 3.65. The van der Waals surface area contributed by atoms with Crippen molar-refractivity contribution < 1.29 is 18.7 Å². The van der Waals surface area contributed by atoms with E-state index >= 15 is 4.39 Å². The van der Waals surface area contributed by atoms with Gasteiger partial charge >= 0.3 is 0 Å². The van der Waals surface area contributed by atoms with E-state index < -0.39 is 0 Å². The lowest BCUT2D eigenvalue weighted by Gasteiger charge is -2.26. The Kier molecular flexibility index (Phi) is 11.7. The number of rotatable bonds is 14. The fourth-order valence-corrected chi connectivity index (χ4v) is 6.87. The van der Waals surface area contributed by atoms with Gasteiger partial charge in [-0.25, -0.2) is 19.0 Å². The second-order valence-electron chi connectivity index (χ2n) is 13.5. The first-order valence-corrected chi connectivity index (χ1v) is 18.8. The molecule has 0 aliphatic carbocycles. The van der Waals surface area contributed by atoms with Crippen LogP contribution in [-0.2, 0) is 37.3 Å². The predicted molar refractivity (Wildman–Crippen MR) is 212 cm³/mol. The predicted octanol–water partition coefficient (Wildman–Crippen LogP) is 7.28. The van der Waals surface area contributed by atoms with Crippen molar-refractivity contribution in [3.8, 4) is 11.1 Å². The number of hydrogen-bond donors (Lipinski definition) is 4. The van der Waals surface area contributed by atoms with Crippen LogP contribution >= 0.6 is 0 Å². The van der Waals surface area contributed by atoms with Crippen molar-refractivity contribution in [2.45, 2.75) is 65.3 Å². The highest BCUT2D eigenvalue weighted by atomic mass is 19.1. The van der Waals surface area contributed by atoms with Gasteiger partial charge in [-0.1, -0.05) is 43.3 Å². The molecular formula is C43H45FN8O3. The number of carbonyl (C=O) groups excluding carboxylic acids is 2. The number of pyridine rings is 2. The summed E-state index contributed by atoms with van der Waals surface area (Å²) in [6.45, 7) is 7.15. The average molecular weight is 741 g/mol. The normalized spacial score (nSPS) is 13.1. The third-order valence-corrected chi connectivity index (χ3v) is 9.85. The Bertz CT molecular complexity index is 2290. The van der Waals surface area contributed by atoms with E-state index in [0.717, 1.165) is 63.3 Å². The molecule has 1 aliphatic rings. The zero-order chi connectivity index (χ0) is 38.1. The number of carbonyl (C=O) groups is 2. The van der Waals surface area contributed by atoms with Crippen LogP contribution in [0.2, 0.25) is 0 Å². The lowest BCUT2D eigenvalue weighted by molar-refractivity contribution is 0.0904. The molecule has 0 atom stereocenters. The third-order valence-electron chi connectivity index (χ3n) is 9.85. The highest BCUT2D eigenvalue weighted by Crippen LogP contribution is 2.31. The molecule has 1 saturated heterocycles. The number of benzene rings is 3. The first-order valence-electron chi connectivity index (χ1n) is 18.8. The largest absolute Gasteiger partial charge is 0.381 e. The molecule has 3 aromatic carbocycles. The van der Waals surface area contributed by atoms with Crippen LogP contribution in [0.5, 0.6) is 0 Å². The highest BCUT2D eigenvalue weighted by Gasteiger charge is 2.22. The summed E-state index contributed by atoms with van der Waals surface area (Å²) in [5.41, 5.74) is 7.16. The monoisotopic (exact) mass is 740 g/mol. The van der Waals surface area contributed by atoms with E-state index in [1.54, 1.807) is 42.6 Å². The Balaban J connectivity index is 1.02. The van der Waals surface area contributed by atoms with E-state index in [-0.39, 0.29) is 36.8 Å². The second kappa shape index (κ2) is 17.3. The van der Waals surface area contributed by atoms with Gasteiger partial charge < -0.3 is 26.0 Å². The minimum atomic E-state index is -0.354. The molecule has 1 fully saturated rings. The molecule has 0 spiro atoms. The number of fused-ring (bicyclic) bond motifs is 1. The maximum Gasteiger partial charge on any atom is 0.251 e. The van der Waals surface area contributed by atoms with Crippen LogP contribution in [0.1, 0.15) is 69.8 Å². The minimum Gasteiger partial charge on any atom is -0.381 e. The molecule has 0 unspecified atom stereocenters. The van der Waals surface area contributed by atoms with Crippen molar-refractivity contribution in [1.29, 1.82) is 0 Å². The number of aromatic nitrogens is 4. The first kappa shape index (κ1) is 37.2. The fraction of sp³-hybridized carbons (Fsp3) is 0.279. The van der Waals surface area contributed by atoms with Gasteiger partial charge in [-0.05, 0) is 91.4 Å². The van der Waals surface area contributed by atoms with E-state index in [4.69, 9.17) is 9.72 Å². The van der Waals surface area contributed by atoms with Crippen LogP contribution in [0.4, 0.5) is 15.9 Å². The summed E-state index contributed by atoms with van der Waals surface area (Å²) in [5.74, 6) is -0.248. The number of nitrogens with one attached hydrogen (secondary N) is 4. The molecule has 4 N–H and O–H groups in total. The standard InChI is InChI=1S/C43H45FN8O3/c1-3-38-35(40(50-33-16-19-55-20-17-33)36-27-49-52(4-2)41(36)51-38)26-48-43(54)32-12-8-11-31(23-32)42(53)47-25-29-14-15-37(44)34(22-29)30-10-7-9-28(21-30)24-46-39-13-5-6-18-45-39/h5-15,18,21-23,27,33H,3-4,16-17,19-20,24-26H2,1-2H3,(H,45,46)(H,47,53)(H,48,54)(H,50,51). The van der Waals surface area contributed by atoms with Gasteiger partial charge in [0.1, 0.15) is 11.6 Å². The highest BCUT2D eigenvalue weighted by molar-refractivity contribution is 6.00. The number of anilines is 2. The van der Waals surface area contributed by atoms with Gasteiger partial charge in [-0.2, -0.15) is 5.10 Å². The van der Waals surface area contributed by atoms with E-state index in [1.807, 2.05) is 60.3 Å². The van der Waals surface area contributed by atoms with Crippen molar-refractivity contribution >= 4 is 34.4 Å². The second-order valence-corrected chi connectivity index (χ2v) is 13.5. The molecule has 0 radical (unpaired) electrons. The summed E-state index contributed by atoms with van der Waals surface area (Å²) in [5, 5.41) is 18.5. The first-order chi connectivity index (χ1) is 26.9. The minimum absolute atomic E-state index is 0.177. The maximum atomic E-state index is 15.1. The summed E-state index contributed by atoms with van der Waals surface area (Å²) in [4.78, 5) is 36.2. The number of nitrogens with zero attached hydrogens (tertiary/aromatic N) is 4.